The maximum atomic E-state index is 12.7. The highest BCUT2D eigenvalue weighted by Crippen LogP contribution is 2.07. The predicted molar refractivity (Wildman–Crippen MR) is 68.5 cm³/mol. The van der Waals surface area contributed by atoms with E-state index in [2.05, 4.69) is 5.32 Å². The molecule has 0 aliphatic carbocycles. The van der Waals surface area contributed by atoms with E-state index in [1.54, 1.807) is 19.1 Å². The second-order valence-electron chi connectivity index (χ2n) is 4.34. The summed E-state index contributed by atoms with van der Waals surface area (Å²) in [5, 5.41) is 3.23. The van der Waals surface area contributed by atoms with Crippen molar-refractivity contribution in [2.75, 3.05) is 6.61 Å². The molecular formula is C14H20FNO2. The van der Waals surface area contributed by atoms with Crippen LogP contribution < -0.4 is 5.32 Å². The van der Waals surface area contributed by atoms with Gasteiger partial charge in [-0.25, -0.2) is 4.39 Å². The van der Waals surface area contributed by atoms with Crippen LogP contribution in [0.15, 0.2) is 24.3 Å². The van der Waals surface area contributed by atoms with Crippen molar-refractivity contribution in [1.29, 1.82) is 0 Å². The molecule has 2 unspecified atom stereocenters. The summed E-state index contributed by atoms with van der Waals surface area (Å²) in [5.74, 6) is -0.645. The first kappa shape index (κ1) is 14.6. The molecule has 3 nitrogen and oxygen atoms in total. The molecule has 0 fully saturated rings. The van der Waals surface area contributed by atoms with Crippen LogP contribution in [-0.4, -0.2) is 18.6 Å². The number of carbonyl (C=O) groups excluding carboxylic acids is 1. The smallest absolute Gasteiger partial charge is 0.310 e. The summed E-state index contributed by atoms with van der Waals surface area (Å²) >= 11 is 0. The summed E-state index contributed by atoms with van der Waals surface area (Å²) in [4.78, 5) is 11.5. The Balaban J connectivity index is 2.42. The summed E-state index contributed by atoms with van der Waals surface area (Å²) < 4.78 is 17.7. The van der Waals surface area contributed by atoms with Gasteiger partial charge in [-0.2, -0.15) is 0 Å². The number of nitrogens with one attached hydrogen (secondary N) is 1. The topological polar surface area (TPSA) is 38.3 Å². The van der Waals surface area contributed by atoms with Crippen molar-refractivity contribution in [1.82, 2.24) is 5.32 Å². The van der Waals surface area contributed by atoms with Crippen molar-refractivity contribution < 1.29 is 13.9 Å². The van der Waals surface area contributed by atoms with Gasteiger partial charge in [0.25, 0.3) is 0 Å². The van der Waals surface area contributed by atoms with E-state index in [9.17, 15) is 9.18 Å². The molecule has 0 amide bonds. The number of halogens is 1. The van der Waals surface area contributed by atoms with E-state index < -0.39 is 0 Å². The highest BCUT2D eigenvalue weighted by Gasteiger charge is 2.20. The lowest BCUT2D eigenvalue weighted by Crippen LogP contribution is -2.36. The molecule has 0 saturated heterocycles. The fourth-order valence-corrected chi connectivity index (χ4v) is 1.54. The average molecular weight is 253 g/mol. The molecule has 2 atom stereocenters. The Morgan fingerprint density at radius 1 is 1.33 bits per heavy atom. The molecule has 0 aliphatic heterocycles. The van der Waals surface area contributed by atoms with E-state index in [0.717, 1.165) is 5.56 Å². The van der Waals surface area contributed by atoms with Gasteiger partial charge in [0.15, 0.2) is 0 Å². The van der Waals surface area contributed by atoms with E-state index in [4.69, 9.17) is 4.74 Å². The van der Waals surface area contributed by atoms with Crippen molar-refractivity contribution >= 4 is 5.97 Å². The van der Waals surface area contributed by atoms with Crippen LogP contribution in [0.5, 0.6) is 0 Å². The third-order valence-electron chi connectivity index (χ3n) is 2.95. The van der Waals surface area contributed by atoms with Crippen molar-refractivity contribution in [3.05, 3.63) is 35.6 Å². The standard InChI is InChI=1S/C14H20FNO2/c1-4-18-14(17)10(2)11(3)16-9-12-5-7-13(15)8-6-12/h5-8,10-11,16H,4,9H2,1-3H3. The highest BCUT2D eigenvalue weighted by atomic mass is 19.1. The zero-order valence-electron chi connectivity index (χ0n) is 11.1. The number of benzene rings is 1. The van der Waals surface area contributed by atoms with Gasteiger partial charge in [0, 0.05) is 12.6 Å². The van der Waals surface area contributed by atoms with Crippen LogP contribution in [0.3, 0.4) is 0 Å². The number of carbonyl (C=O) groups is 1. The molecule has 0 aromatic heterocycles. The van der Waals surface area contributed by atoms with Gasteiger partial charge >= 0.3 is 5.97 Å². The minimum absolute atomic E-state index is 0.00843. The molecule has 0 saturated carbocycles. The van der Waals surface area contributed by atoms with E-state index in [1.165, 1.54) is 12.1 Å². The molecule has 100 valence electrons. The summed E-state index contributed by atoms with van der Waals surface area (Å²) in [5.41, 5.74) is 0.985. The van der Waals surface area contributed by atoms with E-state index in [-0.39, 0.29) is 23.7 Å². The van der Waals surface area contributed by atoms with Crippen LogP contribution in [0, 0.1) is 11.7 Å². The zero-order chi connectivity index (χ0) is 13.5. The molecule has 0 aliphatic rings. The summed E-state index contributed by atoms with van der Waals surface area (Å²) in [6, 6.07) is 6.32. The number of hydrogen-bond acceptors (Lipinski definition) is 3. The second kappa shape index (κ2) is 7.11. The molecule has 1 aromatic carbocycles. The Bertz CT molecular complexity index is 378. The highest BCUT2D eigenvalue weighted by molar-refractivity contribution is 5.72. The van der Waals surface area contributed by atoms with E-state index in [0.29, 0.717) is 13.2 Å². The van der Waals surface area contributed by atoms with Crippen molar-refractivity contribution in [2.45, 2.75) is 33.4 Å². The van der Waals surface area contributed by atoms with Gasteiger partial charge in [0.1, 0.15) is 5.82 Å². The molecular weight excluding hydrogens is 233 g/mol. The maximum Gasteiger partial charge on any atom is 0.310 e. The van der Waals surface area contributed by atoms with Crippen LogP contribution >= 0.6 is 0 Å². The predicted octanol–water partition coefficient (Wildman–Crippen LogP) is 2.50. The largest absolute Gasteiger partial charge is 0.466 e. The fraction of sp³-hybridized carbons (Fsp3) is 0.500. The molecule has 0 bridgehead atoms. The maximum absolute atomic E-state index is 12.7. The van der Waals surface area contributed by atoms with E-state index in [1.807, 2.05) is 13.8 Å². The van der Waals surface area contributed by atoms with E-state index >= 15 is 0 Å². The number of esters is 1. The third-order valence-corrected chi connectivity index (χ3v) is 2.95. The fourth-order valence-electron chi connectivity index (χ4n) is 1.54. The van der Waals surface area contributed by atoms with Crippen LogP contribution in [0.2, 0.25) is 0 Å². The van der Waals surface area contributed by atoms with Crippen LogP contribution in [0.4, 0.5) is 4.39 Å². The van der Waals surface area contributed by atoms with Crippen molar-refractivity contribution in [2.24, 2.45) is 5.92 Å². The summed E-state index contributed by atoms with van der Waals surface area (Å²) in [7, 11) is 0. The Kier molecular flexibility index (Phi) is 5.78. The Morgan fingerprint density at radius 2 is 1.94 bits per heavy atom. The van der Waals surface area contributed by atoms with Crippen LogP contribution in [0.1, 0.15) is 26.3 Å². The molecule has 4 heteroatoms. The minimum Gasteiger partial charge on any atom is -0.466 e. The minimum atomic E-state index is -0.244. The molecule has 1 N–H and O–H groups in total. The number of rotatable bonds is 6. The molecule has 0 spiro atoms. The van der Waals surface area contributed by atoms with Crippen molar-refractivity contribution in [3.8, 4) is 0 Å². The summed E-state index contributed by atoms with van der Waals surface area (Å²) in [6.45, 7) is 6.56. The van der Waals surface area contributed by atoms with Crippen LogP contribution in [-0.2, 0) is 16.1 Å². The lowest BCUT2D eigenvalue weighted by molar-refractivity contribution is -0.148. The number of hydrogen-bond donors (Lipinski definition) is 1. The zero-order valence-corrected chi connectivity index (χ0v) is 11.1. The molecule has 18 heavy (non-hydrogen) atoms. The monoisotopic (exact) mass is 253 g/mol. The van der Waals surface area contributed by atoms with Crippen LogP contribution in [0.25, 0.3) is 0 Å². The molecule has 0 heterocycles. The Morgan fingerprint density at radius 3 is 2.50 bits per heavy atom. The third kappa shape index (κ3) is 4.45. The second-order valence-corrected chi connectivity index (χ2v) is 4.34. The lowest BCUT2D eigenvalue weighted by atomic mass is 10.0. The van der Waals surface area contributed by atoms with Gasteiger partial charge in [-0.1, -0.05) is 19.1 Å². The first-order chi connectivity index (χ1) is 8.54. The first-order valence-electron chi connectivity index (χ1n) is 6.19. The Labute approximate surface area is 107 Å². The van der Waals surface area contributed by atoms with Gasteiger partial charge < -0.3 is 10.1 Å². The average Bonchev–Trinajstić information content (AvgIpc) is 2.37. The molecule has 1 aromatic rings. The summed E-state index contributed by atoms with van der Waals surface area (Å²) in [6.07, 6.45) is 0. The lowest BCUT2D eigenvalue weighted by Gasteiger charge is -2.19. The Hall–Kier alpha value is -1.42. The molecule has 1 rings (SSSR count). The first-order valence-corrected chi connectivity index (χ1v) is 6.19. The quantitative estimate of drug-likeness (QED) is 0.792. The van der Waals surface area contributed by atoms with Crippen molar-refractivity contribution in [3.63, 3.8) is 0 Å². The number of ether oxygens (including phenoxy) is 1. The van der Waals surface area contributed by atoms with Gasteiger partial charge in [0.05, 0.1) is 12.5 Å². The normalized spacial score (nSPS) is 14.0. The molecule has 0 radical (unpaired) electrons. The van der Waals surface area contributed by atoms with Gasteiger partial charge in [-0.05, 0) is 31.5 Å². The van der Waals surface area contributed by atoms with Gasteiger partial charge in [-0.3, -0.25) is 4.79 Å². The van der Waals surface area contributed by atoms with Gasteiger partial charge in [0.2, 0.25) is 0 Å². The van der Waals surface area contributed by atoms with Gasteiger partial charge in [-0.15, -0.1) is 0 Å². The SMILES string of the molecule is CCOC(=O)C(C)C(C)NCc1ccc(F)cc1.